The standard InChI is InChI=1S/C22H24ClF3N2O2/c1-21(2,3)19-17(12-28(19)20(27)29)30-18(13-8-10-14(23)11-9-13)15-6-4-5-7-16(15)22(24,25)26/h4-11,17-19H,12H2,1-3H3,(H2,27,29). The van der Waals surface area contributed by atoms with E-state index in [1.807, 2.05) is 20.8 Å². The van der Waals surface area contributed by atoms with Gasteiger partial charge in [-0.15, -0.1) is 0 Å². The van der Waals surface area contributed by atoms with Crippen molar-refractivity contribution in [3.05, 3.63) is 70.2 Å². The molecule has 2 N–H and O–H groups in total. The van der Waals surface area contributed by atoms with Crippen LogP contribution in [0, 0.1) is 5.41 Å². The minimum Gasteiger partial charge on any atom is -0.362 e. The van der Waals surface area contributed by atoms with Gasteiger partial charge in [-0.2, -0.15) is 13.2 Å². The summed E-state index contributed by atoms with van der Waals surface area (Å²) in [7, 11) is 0. The molecule has 3 atom stereocenters. The van der Waals surface area contributed by atoms with Crippen molar-refractivity contribution in [3.63, 3.8) is 0 Å². The molecular weight excluding hydrogens is 417 g/mol. The van der Waals surface area contributed by atoms with Crippen LogP contribution in [0.3, 0.4) is 0 Å². The Bertz CT molecular complexity index is 910. The quantitative estimate of drug-likeness (QED) is 0.668. The van der Waals surface area contributed by atoms with Crippen LogP contribution in [0.1, 0.15) is 43.6 Å². The molecule has 0 saturated carbocycles. The minimum absolute atomic E-state index is 0.0116. The second kappa shape index (κ2) is 8.12. The number of carbonyl (C=O) groups excluding carboxylic acids is 1. The van der Waals surface area contributed by atoms with E-state index in [0.29, 0.717) is 10.6 Å². The Morgan fingerprint density at radius 2 is 1.73 bits per heavy atom. The second-order valence-electron chi connectivity index (χ2n) is 8.49. The minimum atomic E-state index is -4.53. The maximum atomic E-state index is 13.7. The molecule has 2 aromatic rings. The summed E-state index contributed by atoms with van der Waals surface area (Å²) in [6.45, 7) is 6.02. The van der Waals surface area contributed by atoms with Crippen molar-refractivity contribution in [1.29, 1.82) is 0 Å². The number of amides is 2. The third-order valence-electron chi connectivity index (χ3n) is 5.27. The van der Waals surface area contributed by atoms with Crippen LogP contribution in [0.25, 0.3) is 0 Å². The first-order chi connectivity index (χ1) is 13.9. The monoisotopic (exact) mass is 440 g/mol. The van der Waals surface area contributed by atoms with E-state index in [-0.39, 0.29) is 23.6 Å². The molecule has 3 rings (SSSR count). The fourth-order valence-corrected chi connectivity index (χ4v) is 4.09. The van der Waals surface area contributed by atoms with Crippen LogP contribution < -0.4 is 5.73 Å². The third-order valence-corrected chi connectivity index (χ3v) is 5.52. The predicted molar refractivity (Wildman–Crippen MR) is 109 cm³/mol. The van der Waals surface area contributed by atoms with Gasteiger partial charge in [0, 0.05) is 5.02 Å². The van der Waals surface area contributed by atoms with E-state index in [0.717, 1.165) is 6.07 Å². The Morgan fingerprint density at radius 3 is 2.27 bits per heavy atom. The normalized spacial score (nSPS) is 20.6. The lowest BCUT2D eigenvalue weighted by molar-refractivity contribution is -0.148. The Morgan fingerprint density at radius 1 is 1.13 bits per heavy atom. The van der Waals surface area contributed by atoms with Gasteiger partial charge in [0.15, 0.2) is 0 Å². The first kappa shape index (κ1) is 22.4. The zero-order valence-corrected chi connectivity index (χ0v) is 17.7. The molecule has 0 aromatic heterocycles. The number of alkyl halides is 3. The largest absolute Gasteiger partial charge is 0.416 e. The van der Waals surface area contributed by atoms with Gasteiger partial charge in [-0.05, 0) is 34.7 Å². The van der Waals surface area contributed by atoms with Gasteiger partial charge in [0.05, 0.1) is 24.3 Å². The first-order valence-electron chi connectivity index (χ1n) is 9.52. The van der Waals surface area contributed by atoms with E-state index >= 15 is 0 Å². The van der Waals surface area contributed by atoms with Crippen molar-refractivity contribution in [2.45, 2.75) is 45.2 Å². The molecule has 4 nitrogen and oxygen atoms in total. The van der Waals surface area contributed by atoms with Crippen molar-refractivity contribution >= 4 is 17.6 Å². The Hall–Kier alpha value is -2.25. The third kappa shape index (κ3) is 4.57. The molecule has 1 fully saturated rings. The predicted octanol–water partition coefficient (Wildman–Crippen LogP) is 5.64. The first-order valence-corrected chi connectivity index (χ1v) is 9.90. The molecule has 1 heterocycles. The molecule has 0 bridgehead atoms. The molecule has 2 aromatic carbocycles. The second-order valence-corrected chi connectivity index (χ2v) is 8.93. The SMILES string of the molecule is CC(C)(C)C1C(OC(c2ccc(Cl)cc2)c2ccccc2C(F)(F)F)CN1C(N)=O. The van der Waals surface area contributed by atoms with Crippen molar-refractivity contribution in [3.8, 4) is 0 Å². The highest BCUT2D eigenvalue weighted by Gasteiger charge is 2.50. The van der Waals surface area contributed by atoms with Crippen LogP contribution in [0.4, 0.5) is 18.0 Å². The average Bonchev–Trinajstić information content (AvgIpc) is 2.60. The van der Waals surface area contributed by atoms with Crippen LogP contribution in [0.5, 0.6) is 0 Å². The number of likely N-dealkylation sites (tertiary alicyclic amines) is 1. The molecule has 3 unspecified atom stereocenters. The van der Waals surface area contributed by atoms with Crippen LogP contribution >= 0.6 is 11.6 Å². The van der Waals surface area contributed by atoms with Crippen molar-refractivity contribution in [2.75, 3.05) is 6.54 Å². The Kier molecular flexibility index (Phi) is 6.07. The van der Waals surface area contributed by atoms with E-state index < -0.39 is 30.0 Å². The summed E-state index contributed by atoms with van der Waals surface area (Å²) in [5.74, 6) is 0. The number of halogens is 4. The van der Waals surface area contributed by atoms with Crippen molar-refractivity contribution < 1.29 is 22.7 Å². The summed E-state index contributed by atoms with van der Waals surface area (Å²) in [5, 5.41) is 0.470. The molecule has 8 heteroatoms. The van der Waals surface area contributed by atoms with Gasteiger partial charge in [-0.25, -0.2) is 4.79 Å². The number of ether oxygens (including phenoxy) is 1. The smallest absolute Gasteiger partial charge is 0.362 e. The van der Waals surface area contributed by atoms with Crippen LogP contribution in [-0.4, -0.2) is 29.6 Å². The zero-order valence-electron chi connectivity index (χ0n) is 16.9. The molecule has 0 aliphatic carbocycles. The van der Waals surface area contributed by atoms with E-state index in [2.05, 4.69) is 0 Å². The van der Waals surface area contributed by atoms with Gasteiger partial charge in [-0.3, -0.25) is 0 Å². The fourth-order valence-electron chi connectivity index (χ4n) is 3.97. The lowest BCUT2D eigenvalue weighted by Crippen LogP contribution is -2.69. The summed E-state index contributed by atoms with van der Waals surface area (Å²) in [5.41, 5.74) is 4.89. The van der Waals surface area contributed by atoms with Gasteiger partial charge in [-0.1, -0.05) is 62.7 Å². The number of primary amides is 1. The molecule has 0 radical (unpaired) electrons. The maximum absolute atomic E-state index is 13.7. The lowest BCUT2D eigenvalue weighted by atomic mass is 9.77. The van der Waals surface area contributed by atoms with E-state index in [9.17, 15) is 18.0 Å². The zero-order chi connectivity index (χ0) is 22.3. The molecular formula is C22H24ClF3N2O2. The lowest BCUT2D eigenvalue weighted by Gasteiger charge is -2.53. The fraction of sp³-hybridized carbons (Fsp3) is 0.409. The molecule has 2 amide bonds. The highest BCUT2D eigenvalue weighted by Crippen LogP contribution is 2.42. The number of carbonyl (C=O) groups is 1. The summed E-state index contributed by atoms with van der Waals surface area (Å²) >= 11 is 5.97. The molecule has 30 heavy (non-hydrogen) atoms. The van der Waals surface area contributed by atoms with Crippen LogP contribution in [0.15, 0.2) is 48.5 Å². The highest BCUT2D eigenvalue weighted by atomic mass is 35.5. The molecule has 1 aliphatic rings. The number of rotatable bonds is 4. The Balaban J connectivity index is 2.03. The van der Waals surface area contributed by atoms with Crippen molar-refractivity contribution in [2.24, 2.45) is 11.1 Å². The van der Waals surface area contributed by atoms with Gasteiger partial charge in [0.1, 0.15) is 6.10 Å². The van der Waals surface area contributed by atoms with Gasteiger partial charge in [0.2, 0.25) is 0 Å². The number of urea groups is 1. The van der Waals surface area contributed by atoms with Gasteiger partial charge < -0.3 is 15.4 Å². The highest BCUT2D eigenvalue weighted by molar-refractivity contribution is 6.30. The summed E-state index contributed by atoms with van der Waals surface area (Å²) < 4.78 is 47.4. The number of benzene rings is 2. The summed E-state index contributed by atoms with van der Waals surface area (Å²) in [4.78, 5) is 13.2. The van der Waals surface area contributed by atoms with E-state index in [4.69, 9.17) is 22.1 Å². The number of hydrogen-bond acceptors (Lipinski definition) is 2. The summed E-state index contributed by atoms with van der Waals surface area (Å²) in [6.07, 6.45) is -5.99. The van der Waals surface area contributed by atoms with Crippen LogP contribution in [-0.2, 0) is 10.9 Å². The average molecular weight is 441 g/mol. The van der Waals surface area contributed by atoms with Crippen LogP contribution in [0.2, 0.25) is 5.02 Å². The number of nitrogens with two attached hydrogens (primary N) is 1. The van der Waals surface area contributed by atoms with E-state index in [1.165, 1.54) is 17.0 Å². The van der Waals surface area contributed by atoms with Gasteiger partial charge >= 0.3 is 12.2 Å². The number of hydrogen-bond donors (Lipinski definition) is 1. The Labute approximate surface area is 178 Å². The molecule has 162 valence electrons. The molecule has 0 spiro atoms. The summed E-state index contributed by atoms with van der Waals surface area (Å²) in [6, 6.07) is 10.9. The topological polar surface area (TPSA) is 55.6 Å². The van der Waals surface area contributed by atoms with E-state index in [1.54, 1.807) is 30.3 Å². The molecule has 1 saturated heterocycles. The van der Waals surface area contributed by atoms with Gasteiger partial charge in [0.25, 0.3) is 0 Å². The molecule has 1 aliphatic heterocycles. The maximum Gasteiger partial charge on any atom is 0.416 e. The number of nitrogens with zero attached hydrogens (tertiary/aromatic N) is 1. The van der Waals surface area contributed by atoms with Crippen molar-refractivity contribution in [1.82, 2.24) is 4.90 Å².